The molecule has 0 aliphatic rings. The third-order valence-corrected chi connectivity index (χ3v) is 5.06. The number of pyridine rings is 1. The molecule has 0 bridgehead atoms. The summed E-state index contributed by atoms with van der Waals surface area (Å²) in [7, 11) is 3.14. The van der Waals surface area contributed by atoms with Gasteiger partial charge >= 0.3 is 0 Å². The van der Waals surface area contributed by atoms with Crippen LogP contribution in [0.3, 0.4) is 0 Å². The number of carbonyl (C=O) groups is 1. The summed E-state index contributed by atoms with van der Waals surface area (Å²) in [6.07, 6.45) is 5.20. The van der Waals surface area contributed by atoms with Crippen LogP contribution < -0.4 is 5.73 Å². The van der Waals surface area contributed by atoms with Gasteiger partial charge in [-0.15, -0.1) is 0 Å². The molecule has 0 unspecified atom stereocenters. The van der Waals surface area contributed by atoms with E-state index in [1.54, 1.807) is 7.05 Å². The number of nitrogens with two attached hydrogens (primary N) is 1. The van der Waals surface area contributed by atoms with Crippen molar-refractivity contribution in [3.05, 3.63) is 30.1 Å². The Morgan fingerprint density at radius 3 is 2.75 bits per heavy atom. The van der Waals surface area contributed by atoms with Crippen LogP contribution >= 0.6 is 0 Å². The Balaban J connectivity index is 1.81. The molecule has 7 heteroatoms. The van der Waals surface area contributed by atoms with Crippen molar-refractivity contribution in [3.8, 4) is 0 Å². The molecule has 2 aromatic heterocycles. The standard InChI is InChI=1S/C21H29N5O2/c1-4-10-17-24-19-20(15-11-7-8-12-16(15)23-21(19)22)26(17)14-9-5-6-13-18(27)25(2)28-3/h7-8,11-12H,4-6,9-10,13-14H2,1-3H3,(H2,22,23). The quantitative estimate of drug-likeness (QED) is 0.450. The Hall–Kier alpha value is -2.67. The van der Waals surface area contributed by atoms with Crippen molar-refractivity contribution in [2.75, 3.05) is 19.9 Å². The smallest absolute Gasteiger partial charge is 0.245 e. The summed E-state index contributed by atoms with van der Waals surface area (Å²) in [5, 5.41) is 2.36. The highest BCUT2D eigenvalue weighted by Gasteiger charge is 2.16. The average molecular weight is 383 g/mol. The molecule has 1 aromatic carbocycles. The Kier molecular flexibility index (Phi) is 6.46. The van der Waals surface area contributed by atoms with Gasteiger partial charge in [0.1, 0.15) is 11.3 Å². The van der Waals surface area contributed by atoms with Crippen LogP contribution in [0, 0.1) is 0 Å². The topological polar surface area (TPSA) is 86.3 Å². The van der Waals surface area contributed by atoms with Crippen LogP contribution in [0.5, 0.6) is 0 Å². The molecular weight excluding hydrogens is 354 g/mol. The number of aromatic nitrogens is 3. The van der Waals surface area contributed by atoms with Crippen molar-refractivity contribution < 1.29 is 9.63 Å². The number of carbonyl (C=O) groups excluding carboxylic acids is 1. The zero-order valence-electron chi connectivity index (χ0n) is 16.9. The fourth-order valence-corrected chi connectivity index (χ4v) is 3.54. The Bertz CT molecular complexity index is 966. The normalized spacial score (nSPS) is 11.4. The minimum atomic E-state index is 0.00657. The first-order valence-corrected chi connectivity index (χ1v) is 9.90. The number of benzene rings is 1. The van der Waals surface area contributed by atoms with Gasteiger partial charge in [0.2, 0.25) is 5.91 Å². The van der Waals surface area contributed by atoms with Crippen LogP contribution in [-0.4, -0.2) is 39.7 Å². The first-order chi connectivity index (χ1) is 13.6. The van der Waals surface area contributed by atoms with Crippen molar-refractivity contribution in [3.63, 3.8) is 0 Å². The highest BCUT2D eigenvalue weighted by atomic mass is 16.7. The number of hydrogen-bond donors (Lipinski definition) is 1. The molecule has 150 valence electrons. The van der Waals surface area contributed by atoms with Gasteiger partial charge in [-0.25, -0.2) is 15.0 Å². The number of nitrogens with zero attached hydrogens (tertiary/aromatic N) is 4. The van der Waals surface area contributed by atoms with Gasteiger partial charge in [-0.3, -0.25) is 9.63 Å². The minimum absolute atomic E-state index is 0.00657. The van der Waals surface area contributed by atoms with Crippen LogP contribution in [-0.2, 0) is 22.6 Å². The number of rotatable bonds is 9. The number of hydroxylamine groups is 2. The molecule has 0 fully saturated rings. The van der Waals surface area contributed by atoms with E-state index in [-0.39, 0.29) is 5.91 Å². The van der Waals surface area contributed by atoms with E-state index in [0.717, 1.165) is 66.4 Å². The Morgan fingerprint density at radius 1 is 1.21 bits per heavy atom. The van der Waals surface area contributed by atoms with Gasteiger partial charge in [-0.2, -0.15) is 0 Å². The SMILES string of the molecule is CCCc1nc2c(N)nc3ccccc3c2n1CCCCCC(=O)N(C)OC. The minimum Gasteiger partial charge on any atom is -0.382 e. The number of anilines is 1. The van der Waals surface area contributed by atoms with Gasteiger partial charge < -0.3 is 10.3 Å². The van der Waals surface area contributed by atoms with Crippen LogP contribution in [0.4, 0.5) is 5.82 Å². The number of hydrogen-bond acceptors (Lipinski definition) is 5. The highest BCUT2D eigenvalue weighted by Crippen LogP contribution is 2.29. The summed E-state index contributed by atoms with van der Waals surface area (Å²) in [5.41, 5.74) is 8.97. The highest BCUT2D eigenvalue weighted by molar-refractivity contribution is 6.06. The molecule has 28 heavy (non-hydrogen) atoms. The third kappa shape index (κ3) is 4.09. The Morgan fingerprint density at radius 2 is 2.00 bits per heavy atom. The van der Waals surface area contributed by atoms with Gasteiger partial charge in [0, 0.05) is 31.8 Å². The fraction of sp³-hybridized carbons (Fsp3) is 0.476. The van der Waals surface area contributed by atoms with Crippen molar-refractivity contribution in [1.82, 2.24) is 19.6 Å². The van der Waals surface area contributed by atoms with E-state index in [1.807, 2.05) is 18.2 Å². The second-order valence-corrected chi connectivity index (χ2v) is 7.03. The van der Waals surface area contributed by atoms with E-state index in [1.165, 1.54) is 12.2 Å². The van der Waals surface area contributed by atoms with Crippen LogP contribution in [0.1, 0.15) is 44.9 Å². The molecule has 2 N–H and O–H groups in total. The molecule has 0 aliphatic carbocycles. The average Bonchev–Trinajstić information content (AvgIpc) is 3.06. The maximum absolute atomic E-state index is 11.8. The summed E-state index contributed by atoms with van der Waals surface area (Å²) in [5.74, 6) is 1.54. The lowest BCUT2D eigenvalue weighted by Gasteiger charge is -2.13. The molecule has 7 nitrogen and oxygen atoms in total. The van der Waals surface area contributed by atoms with Crippen molar-refractivity contribution >= 4 is 33.7 Å². The molecule has 0 aliphatic heterocycles. The summed E-state index contributed by atoms with van der Waals surface area (Å²) in [6, 6.07) is 8.06. The Labute approximate surface area is 165 Å². The van der Waals surface area contributed by atoms with E-state index in [4.69, 9.17) is 15.6 Å². The van der Waals surface area contributed by atoms with Crippen LogP contribution in [0.2, 0.25) is 0 Å². The number of fused-ring (bicyclic) bond motifs is 3. The van der Waals surface area contributed by atoms with E-state index < -0.39 is 0 Å². The molecule has 0 atom stereocenters. The second kappa shape index (κ2) is 9.01. The summed E-state index contributed by atoms with van der Waals surface area (Å²) < 4.78 is 2.29. The number of imidazole rings is 1. The molecule has 0 radical (unpaired) electrons. The lowest BCUT2D eigenvalue weighted by atomic mass is 10.1. The zero-order valence-corrected chi connectivity index (χ0v) is 16.9. The maximum atomic E-state index is 11.8. The van der Waals surface area contributed by atoms with E-state index in [9.17, 15) is 4.79 Å². The van der Waals surface area contributed by atoms with E-state index >= 15 is 0 Å². The van der Waals surface area contributed by atoms with Crippen LogP contribution in [0.25, 0.3) is 21.9 Å². The third-order valence-electron chi connectivity index (χ3n) is 5.06. The molecule has 1 amide bonds. The van der Waals surface area contributed by atoms with Gasteiger partial charge in [0.05, 0.1) is 18.1 Å². The van der Waals surface area contributed by atoms with Gasteiger partial charge in [0.15, 0.2) is 5.82 Å². The molecule has 3 aromatic rings. The number of amides is 1. The predicted octanol–water partition coefficient (Wildman–Crippen LogP) is 3.70. The second-order valence-electron chi connectivity index (χ2n) is 7.03. The molecule has 0 saturated heterocycles. The number of nitrogen functional groups attached to an aromatic ring is 1. The van der Waals surface area contributed by atoms with E-state index in [2.05, 4.69) is 22.5 Å². The monoisotopic (exact) mass is 383 g/mol. The lowest BCUT2D eigenvalue weighted by molar-refractivity contribution is -0.168. The van der Waals surface area contributed by atoms with Crippen molar-refractivity contribution in [1.29, 1.82) is 0 Å². The number of unbranched alkanes of at least 4 members (excludes halogenated alkanes) is 2. The maximum Gasteiger partial charge on any atom is 0.245 e. The fourth-order valence-electron chi connectivity index (χ4n) is 3.54. The molecule has 2 heterocycles. The summed E-state index contributed by atoms with van der Waals surface area (Å²) >= 11 is 0. The predicted molar refractivity (Wildman–Crippen MR) is 112 cm³/mol. The largest absolute Gasteiger partial charge is 0.382 e. The summed E-state index contributed by atoms with van der Waals surface area (Å²) in [6.45, 7) is 3.01. The van der Waals surface area contributed by atoms with Crippen LogP contribution in [0.15, 0.2) is 24.3 Å². The van der Waals surface area contributed by atoms with Crippen molar-refractivity contribution in [2.24, 2.45) is 0 Å². The first-order valence-electron chi connectivity index (χ1n) is 9.90. The van der Waals surface area contributed by atoms with Gasteiger partial charge in [-0.05, 0) is 25.3 Å². The molecule has 3 rings (SSSR count). The zero-order chi connectivity index (χ0) is 20.1. The first kappa shape index (κ1) is 20.1. The lowest BCUT2D eigenvalue weighted by Crippen LogP contribution is -2.24. The number of para-hydroxylation sites is 1. The van der Waals surface area contributed by atoms with Gasteiger partial charge in [0.25, 0.3) is 0 Å². The number of aryl methyl sites for hydroxylation is 2. The van der Waals surface area contributed by atoms with Crippen molar-refractivity contribution in [2.45, 2.75) is 52.0 Å². The van der Waals surface area contributed by atoms with E-state index in [0.29, 0.717) is 12.2 Å². The summed E-state index contributed by atoms with van der Waals surface area (Å²) in [4.78, 5) is 26.1. The molecule has 0 spiro atoms. The molecular formula is C21H29N5O2. The molecule has 0 saturated carbocycles. The van der Waals surface area contributed by atoms with Gasteiger partial charge in [-0.1, -0.05) is 31.5 Å².